The summed E-state index contributed by atoms with van der Waals surface area (Å²) in [5.74, 6) is 0.554. The molecule has 1 aliphatic heterocycles. The third-order valence-electron chi connectivity index (χ3n) is 3.99. The van der Waals surface area contributed by atoms with Gasteiger partial charge in [0.05, 0.1) is 0 Å². The molecule has 0 atom stereocenters. The fourth-order valence-corrected chi connectivity index (χ4v) is 3.81. The Bertz CT molecular complexity index is 410. The Hall–Kier alpha value is -0.820. The number of urea groups is 1. The lowest BCUT2D eigenvalue weighted by Gasteiger charge is -2.29. The lowest BCUT2D eigenvalue weighted by atomic mass is 10.0. The van der Waals surface area contributed by atoms with Crippen LogP contribution in [-0.4, -0.2) is 37.9 Å². The molecule has 7 heteroatoms. The Balaban J connectivity index is 1.84. The van der Waals surface area contributed by atoms with E-state index in [0.717, 1.165) is 38.5 Å². The molecule has 0 radical (unpaired) electrons. The summed E-state index contributed by atoms with van der Waals surface area (Å²) in [6.45, 7) is 3.10. The van der Waals surface area contributed by atoms with Crippen molar-refractivity contribution < 1.29 is 13.2 Å². The zero-order valence-corrected chi connectivity index (χ0v) is 12.2. The van der Waals surface area contributed by atoms with Crippen LogP contribution in [0.3, 0.4) is 0 Å². The van der Waals surface area contributed by atoms with Crippen LogP contribution in [-0.2, 0) is 10.2 Å². The van der Waals surface area contributed by atoms with Crippen LogP contribution in [0.5, 0.6) is 0 Å². The molecule has 110 valence electrons. The van der Waals surface area contributed by atoms with E-state index < -0.39 is 16.2 Å². The van der Waals surface area contributed by atoms with Crippen LogP contribution in [0.15, 0.2) is 0 Å². The Morgan fingerprint density at radius 3 is 2.26 bits per heavy atom. The van der Waals surface area contributed by atoms with E-state index in [1.807, 2.05) is 0 Å². The minimum Gasteiger partial charge on any atom is -0.335 e. The van der Waals surface area contributed by atoms with Gasteiger partial charge in [-0.05, 0) is 31.6 Å². The molecule has 1 heterocycles. The Kier molecular flexibility index (Phi) is 4.67. The van der Waals surface area contributed by atoms with Crippen LogP contribution in [0.1, 0.15) is 45.4 Å². The standard InChI is InChI=1S/C12H23N3O3S/c1-10-6-8-15(9-7-10)19(17,18)14-12(16)13-11-4-2-3-5-11/h10-11H,2-9H2,1H3,(H2,13,14,16). The summed E-state index contributed by atoms with van der Waals surface area (Å²) in [5.41, 5.74) is 0. The Morgan fingerprint density at radius 1 is 1.11 bits per heavy atom. The highest BCUT2D eigenvalue weighted by Gasteiger charge is 2.28. The summed E-state index contributed by atoms with van der Waals surface area (Å²) < 4.78 is 27.5. The average Bonchev–Trinajstić information content (AvgIpc) is 2.81. The molecule has 19 heavy (non-hydrogen) atoms. The highest BCUT2D eigenvalue weighted by Crippen LogP contribution is 2.19. The predicted octanol–water partition coefficient (Wildman–Crippen LogP) is 1.20. The van der Waals surface area contributed by atoms with Gasteiger partial charge < -0.3 is 5.32 Å². The molecule has 0 aromatic rings. The first-order chi connectivity index (χ1) is 8.97. The number of carbonyl (C=O) groups excluding carboxylic acids is 1. The SMILES string of the molecule is CC1CCN(S(=O)(=O)NC(=O)NC2CCCC2)CC1. The van der Waals surface area contributed by atoms with Crippen molar-refractivity contribution in [3.63, 3.8) is 0 Å². The number of nitrogens with one attached hydrogen (secondary N) is 2. The summed E-state index contributed by atoms with van der Waals surface area (Å²) in [4.78, 5) is 11.7. The summed E-state index contributed by atoms with van der Waals surface area (Å²) in [6.07, 6.45) is 5.78. The third kappa shape index (κ3) is 4.07. The van der Waals surface area contributed by atoms with Crippen LogP contribution in [0.4, 0.5) is 4.79 Å². The fourth-order valence-electron chi connectivity index (χ4n) is 2.69. The average molecular weight is 289 g/mol. The van der Waals surface area contributed by atoms with Gasteiger partial charge in [-0.2, -0.15) is 12.7 Å². The van der Waals surface area contributed by atoms with Crippen molar-refractivity contribution in [1.82, 2.24) is 14.3 Å². The van der Waals surface area contributed by atoms with Crippen molar-refractivity contribution in [1.29, 1.82) is 0 Å². The predicted molar refractivity (Wildman–Crippen MR) is 72.8 cm³/mol. The molecule has 0 bridgehead atoms. The Morgan fingerprint density at radius 2 is 1.68 bits per heavy atom. The monoisotopic (exact) mass is 289 g/mol. The first kappa shape index (κ1) is 14.6. The second-order valence-corrected chi connectivity index (χ2v) is 7.31. The van der Waals surface area contributed by atoms with Crippen LogP contribution in [0.2, 0.25) is 0 Å². The van der Waals surface area contributed by atoms with E-state index in [1.165, 1.54) is 4.31 Å². The number of carbonyl (C=O) groups is 1. The van der Waals surface area contributed by atoms with Gasteiger partial charge in [0.15, 0.2) is 0 Å². The van der Waals surface area contributed by atoms with Gasteiger partial charge in [-0.25, -0.2) is 9.52 Å². The molecule has 1 saturated heterocycles. The number of hydrogen-bond donors (Lipinski definition) is 2. The van der Waals surface area contributed by atoms with E-state index >= 15 is 0 Å². The first-order valence-electron chi connectivity index (χ1n) is 7.06. The van der Waals surface area contributed by atoms with Crippen molar-refractivity contribution in [3.8, 4) is 0 Å². The maximum atomic E-state index is 12.0. The van der Waals surface area contributed by atoms with E-state index in [4.69, 9.17) is 0 Å². The molecule has 2 fully saturated rings. The zero-order chi connectivity index (χ0) is 13.9. The van der Waals surface area contributed by atoms with E-state index in [1.54, 1.807) is 0 Å². The normalized spacial score (nSPS) is 23.4. The molecule has 1 aliphatic carbocycles. The lowest BCUT2D eigenvalue weighted by Crippen LogP contribution is -2.51. The molecule has 0 aromatic heterocycles. The molecule has 2 rings (SSSR count). The van der Waals surface area contributed by atoms with E-state index in [9.17, 15) is 13.2 Å². The topological polar surface area (TPSA) is 78.5 Å². The van der Waals surface area contributed by atoms with Gasteiger partial charge in [-0.15, -0.1) is 0 Å². The van der Waals surface area contributed by atoms with Gasteiger partial charge in [-0.1, -0.05) is 19.8 Å². The van der Waals surface area contributed by atoms with Gasteiger partial charge in [0.1, 0.15) is 0 Å². The molecule has 2 aliphatic rings. The summed E-state index contributed by atoms with van der Waals surface area (Å²) >= 11 is 0. The number of piperidine rings is 1. The van der Waals surface area contributed by atoms with E-state index in [2.05, 4.69) is 17.0 Å². The van der Waals surface area contributed by atoms with Gasteiger partial charge in [0.2, 0.25) is 0 Å². The highest BCUT2D eigenvalue weighted by molar-refractivity contribution is 7.87. The second kappa shape index (κ2) is 6.09. The lowest BCUT2D eigenvalue weighted by molar-refractivity contribution is 0.239. The van der Waals surface area contributed by atoms with Crippen molar-refractivity contribution in [2.75, 3.05) is 13.1 Å². The van der Waals surface area contributed by atoms with Crippen LogP contribution >= 0.6 is 0 Å². The number of rotatable bonds is 3. The minimum absolute atomic E-state index is 0.122. The van der Waals surface area contributed by atoms with Crippen molar-refractivity contribution in [2.24, 2.45) is 5.92 Å². The molecule has 0 aromatic carbocycles. The fraction of sp³-hybridized carbons (Fsp3) is 0.917. The number of nitrogens with zero attached hydrogens (tertiary/aromatic N) is 1. The molecule has 6 nitrogen and oxygen atoms in total. The molecular formula is C12H23N3O3S. The summed E-state index contributed by atoms with van der Waals surface area (Å²) in [5, 5.41) is 2.73. The first-order valence-corrected chi connectivity index (χ1v) is 8.50. The molecule has 2 amide bonds. The quantitative estimate of drug-likeness (QED) is 0.819. The van der Waals surface area contributed by atoms with Crippen LogP contribution in [0, 0.1) is 5.92 Å². The van der Waals surface area contributed by atoms with Gasteiger partial charge in [-0.3, -0.25) is 0 Å². The van der Waals surface area contributed by atoms with Crippen LogP contribution in [0.25, 0.3) is 0 Å². The summed E-state index contributed by atoms with van der Waals surface area (Å²) in [6, 6.07) is -0.470. The van der Waals surface area contributed by atoms with Crippen LogP contribution < -0.4 is 10.0 Å². The third-order valence-corrected chi connectivity index (χ3v) is 5.48. The number of hydrogen-bond acceptors (Lipinski definition) is 3. The highest BCUT2D eigenvalue weighted by atomic mass is 32.2. The Labute approximate surface area is 115 Å². The largest absolute Gasteiger partial charge is 0.335 e. The zero-order valence-electron chi connectivity index (χ0n) is 11.4. The smallest absolute Gasteiger partial charge is 0.329 e. The van der Waals surface area contributed by atoms with Crippen molar-refractivity contribution in [2.45, 2.75) is 51.5 Å². The van der Waals surface area contributed by atoms with E-state index in [0.29, 0.717) is 19.0 Å². The maximum absolute atomic E-state index is 12.0. The maximum Gasteiger partial charge on any atom is 0.329 e. The summed E-state index contributed by atoms with van der Waals surface area (Å²) in [7, 11) is -3.68. The number of amides is 2. The van der Waals surface area contributed by atoms with Gasteiger partial charge >= 0.3 is 16.2 Å². The van der Waals surface area contributed by atoms with Gasteiger partial charge in [0, 0.05) is 19.1 Å². The van der Waals surface area contributed by atoms with Gasteiger partial charge in [0.25, 0.3) is 0 Å². The minimum atomic E-state index is -3.68. The molecule has 0 spiro atoms. The molecule has 0 unspecified atom stereocenters. The van der Waals surface area contributed by atoms with Crippen molar-refractivity contribution in [3.05, 3.63) is 0 Å². The van der Waals surface area contributed by atoms with Crippen molar-refractivity contribution >= 4 is 16.2 Å². The molecule has 1 saturated carbocycles. The second-order valence-electron chi connectivity index (χ2n) is 5.64. The molecular weight excluding hydrogens is 266 g/mol. The molecule has 2 N–H and O–H groups in total. The van der Waals surface area contributed by atoms with E-state index in [-0.39, 0.29) is 6.04 Å².